The summed E-state index contributed by atoms with van der Waals surface area (Å²) in [5.74, 6) is 2.19. The number of rotatable bonds is 9. The topological polar surface area (TPSA) is 88.0 Å². The zero-order valence-electron chi connectivity index (χ0n) is 20.2. The number of amides is 1. The summed E-state index contributed by atoms with van der Waals surface area (Å²) in [5.41, 5.74) is 2.90. The predicted molar refractivity (Wildman–Crippen MR) is 136 cm³/mol. The maximum absolute atomic E-state index is 13.3. The first-order chi connectivity index (χ1) is 17.1. The zero-order valence-corrected chi connectivity index (χ0v) is 21.0. The molecule has 1 amide bonds. The summed E-state index contributed by atoms with van der Waals surface area (Å²) < 4.78 is 11.4. The van der Waals surface area contributed by atoms with Gasteiger partial charge in [0.25, 0.3) is 11.1 Å². The van der Waals surface area contributed by atoms with Crippen molar-refractivity contribution in [3.05, 3.63) is 59.9 Å². The molecule has 1 aliphatic heterocycles. The van der Waals surface area contributed by atoms with Crippen LogP contribution in [-0.4, -0.2) is 46.7 Å². The average molecular weight is 494 g/mol. The number of benzene rings is 1. The van der Waals surface area contributed by atoms with E-state index in [-0.39, 0.29) is 17.7 Å². The van der Waals surface area contributed by atoms with Gasteiger partial charge in [0.15, 0.2) is 0 Å². The van der Waals surface area contributed by atoms with Crippen molar-refractivity contribution < 1.29 is 13.6 Å². The molecule has 184 valence electrons. The molecule has 3 heterocycles. The first-order valence-electron chi connectivity index (χ1n) is 12.2. The van der Waals surface area contributed by atoms with Crippen molar-refractivity contribution in [2.75, 3.05) is 24.7 Å². The van der Waals surface area contributed by atoms with Crippen LogP contribution < -0.4 is 4.90 Å². The number of nitrogens with zero attached hydrogens (tertiary/aromatic N) is 5. The predicted octanol–water partition coefficient (Wildman–Crippen LogP) is 5.32. The molecule has 8 nitrogen and oxygen atoms in total. The van der Waals surface area contributed by atoms with Crippen molar-refractivity contribution in [1.82, 2.24) is 15.2 Å². The van der Waals surface area contributed by atoms with Crippen molar-refractivity contribution in [2.45, 2.75) is 56.2 Å². The first kappa shape index (κ1) is 23.7. The second-order valence-electron chi connectivity index (χ2n) is 9.41. The van der Waals surface area contributed by atoms with Crippen LogP contribution >= 0.6 is 11.8 Å². The van der Waals surface area contributed by atoms with Crippen LogP contribution in [0.5, 0.6) is 0 Å². The van der Waals surface area contributed by atoms with Gasteiger partial charge in [-0.1, -0.05) is 49.6 Å². The van der Waals surface area contributed by atoms with Gasteiger partial charge in [0.1, 0.15) is 11.5 Å². The lowest BCUT2D eigenvalue weighted by Crippen LogP contribution is -2.28. The van der Waals surface area contributed by atoms with Gasteiger partial charge in [0.2, 0.25) is 5.89 Å². The maximum atomic E-state index is 13.3. The Morgan fingerprint density at radius 1 is 1.14 bits per heavy atom. The normalized spacial score (nSPS) is 18.3. The van der Waals surface area contributed by atoms with E-state index >= 15 is 0 Å². The number of aromatic nitrogens is 2. The first-order valence-corrected chi connectivity index (χ1v) is 13.2. The van der Waals surface area contributed by atoms with Crippen molar-refractivity contribution >= 4 is 29.1 Å². The van der Waals surface area contributed by atoms with Gasteiger partial charge in [0.05, 0.1) is 18.1 Å². The van der Waals surface area contributed by atoms with Crippen LogP contribution in [0.15, 0.2) is 61.8 Å². The lowest BCUT2D eigenvalue weighted by molar-refractivity contribution is -0.130. The third-order valence-corrected chi connectivity index (χ3v) is 7.58. The summed E-state index contributed by atoms with van der Waals surface area (Å²) >= 11 is 1.27. The number of hydrogen-bond acceptors (Lipinski definition) is 8. The van der Waals surface area contributed by atoms with Crippen LogP contribution in [0.1, 0.15) is 61.8 Å². The Labute approximate surface area is 209 Å². The Kier molecular flexibility index (Phi) is 7.22. The average Bonchev–Trinajstić information content (AvgIpc) is 3.68. The fraction of sp³-hybridized carbons (Fsp3) is 0.462. The van der Waals surface area contributed by atoms with E-state index in [1.54, 1.807) is 11.3 Å². The molecule has 1 atom stereocenters. The number of carbonyl (C=O) groups excluding carboxylic acids is 1. The molecule has 3 aromatic rings. The summed E-state index contributed by atoms with van der Waals surface area (Å²) in [4.78, 5) is 15.3. The van der Waals surface area contributed by atoms with Crippen LogP contribution in [0, 0.1) is 5.92 Å². The minimum Gasteiger partial charge on any atom is -0.463 e. The van der Waals surface area contributed by atoms with Crippen molar-refractivity contribution in [1.29, 1.82) is 0 Å². The third-order valence-electron chi connectivity index (χ3n) is 6.77. The second-order valence-corrected chi connectivity index (χ2v) is 10.3. The van der Waals surface area contributed by atoms with Crippen LogP contribution in [-0.2, 0) is 11.2 Å². The molecular formula is C26H31N5O3S. The summed E-state index contributed by atoms with van der Waals surface area (Å²) in [6.45, 7) is 0. The highest BCUT2D eigenvalue weighted by Gasteiger charge is 2.34. The van der Waals surface area contributed by atoms with E-state index in [1.165, 1.54) is 37.4 Å². The van der Waals surface area contributed by atoms with E-state index in [9.17, 15) is 4.79 Å². The van der Waals surface area contributed by atoms with E-state index in [1.807, 2.05) is 26.2 Å². The van der Waals surface area contributed by atoms with Gasteiger partial charge in [-0.25, -0.2) is 5.01 Å². The van der Waals surface area contributed by atoms with Gasteiger partial charge in [-0.2, -0.15) is 5.10 Å². The molecule has 1 fully saturated rings. The highest BCUT2D eigenvalue weighted by Crippen LogP contribution is 2.35. The fourth-order valence-corrected chi connectivity index (χ4v) is 5.43. The highest BCUT2D eigenvalue weighted by molar-refractivity contribution is 7.99. The van der Waals surface area contributed by atoms with Crippen molar-refractivity contribution in [3.63, 3.8) is 0 Å². The lowest BCUT2D eigenvalue weighted by atomic mass is 10.0. The third kappa shape index (κ3) is 5.61. The van der Waals surface area contributed by atoms with E-state index < -0.39 is 0 Å². The van der Waals surface area contributed by atoms with Crippen LogP contribution in [0.2, 0.25) is 0 Å². The molecule has 5 rings (SSSR count). The van der Waals surface area contributed by atoms with Gasteiger partial charge in [-0.3, -0.25) is 4.79 Å². The largest absolute Gasteiger partial charge is 0.463 e. The van der Waals surface area contributed by atoms with Gasteiger partial charge in [0, 0.05) is 32.6 Å². The number of furan rings is 1. The quantitative estimate of drug-likeness (QED) is 0.373. The summed E-state index contributed by atoms with van der Waals surface area (Å²) in [5, 5.41) is 15.0. The van der Waals surface area contributed by atoms with Crippen molar-refractivity contribution in [3.8, 4) is 0 Å². The van der Waals surface area contributed by atoms with Crippen LogP contribution in [0.3, 0.4) is 0 Å². The van der Waals surface area contributed by atoms with E-state index in [0.717, 1.165) is 35.7 Å². The minimum atomic E-state index is -0.191. The van der Waals surface area contributed by atoms with Gasteiger partial charge in [-0.15, -0.1) is 10.2 Å². The van der Waals surface area contributed by atoms with Crippen molar-refractivity contribution in [2.24, 2.45) is 11.0 Å². The highest BCUT2D eigenvalue weighted by atomic mass is 32.2. The van der Waals surface area contributed by atoms with Gasteiger partial charge < -0.3 is 13.7 Å². The molecule has 1 unspecified atom stereocenters. The number of aryl methyl sites for hydroxylation is 1. The molecule has 1 saturated carbocycles. The molecule has 0 spiro atoms. The molecule has 9 heteroatoms. The molecule has 0 N–H and O–H groups in total. The second kappa shape index (κ2) is 10.7. The Morgan fingerprint density at radius 2 is 1.94 bits per heavy atom. The number of hydrogen-bond donors (Lipinski definition) is 0. The molecule has 2 aliphatic rings. The molecule has 0 saturated heterocycles. The Morgan fingerprint density at radius 3 is 2.66 bits per heavy atom. The molecule has 0 bridgehead atoms. The Hall–Kier alpha value is -3.07. The van der Waals surface area contributed by atoms with E-state index in [4.69, 9.17) is 8.83 Å². The lowest BCUT2D eigenvalue weighted by Gasteiger charge is -2.22. The Balaban J connectivity index is 1.25. The molecule has 2 aromatic heterocycles. The minimum absolute atomic E-state index is 0.107. The summed E-state index contributed by atoms with van der Waals surface area (Å²) in [7, 11) is 4.01. The monoisotopic (exact) mass is 493 g/mol. The molecule has 1 aromatic carbocycles. The maximum Gasteiger partial charge on any atom is 0.277 e. The summed E-state index contributed by atoms with van der Waals surface area (Å²) in [6.07, 6.45) is 9.39. The van der Waals surface area contributed by atoms with Crippen LogP contribution in [0.4, 0.5) is 5.69 Å². The molecule has 35 heavy (non-hydrogen) atoms. The van der Waals surface area contributed by atoms with E-state index in [2.05, 4.69) is 44.5 Å². The number of carbonyl (C=O) groups is 1. The number of hydrazone groups is 1. The number of thioether (sulfide) groups is 1. The molecule has 0 radical (unpaired) electrons. The fourth-order valence-electron chi connectivity index (χ4n) is 4.80. The van der Waals surface area contributed by atoms with Crippen LogP contribution in [0.25, 0.3) is 0 Å². The SMILES string of the molecule is CN(C)c1ccc(C2CC(c3ccco3)=NN2C(=O)CSc2nnc(CCC3CCCC3)o2)cc1. The smallest absolute Gasteiger partial charge is 0.277 e. The molecule has 1 aliphatic carbocycles. The number of anilines is 1. The summed E-state index contributed by atoms with van der Waals surface area (Å²) in [6, 6.07) is 11.7. The molecular weight excluding hydrogens is 462 g/mol. The Bertz CT molecular complexity index is 1150. The zero-order chi connectivity index (χ0) is 24.2. The van der Waals surface area contributed by atoms with E-state index in [0.29, 0.717) is 23.3 Å². The standard InChI is InChI=1S/C26H31N5O3S/c1-30(2)20-12-10-19(11-13-20)22-16-21(23-8-5-15-33-23)29-31(22)25(32)17-35-26-28-27-24(34-26)14-9-18-6-3-4-7-18/h5,8,10-13,15,18,22H,3-4,6-7,9,14,16-17H2,1-2H3. The van der Waals surface area contributed by atoms with Gasteiger partial charge >= 0.3 is 0 Å². The van der Waals surface area contributed by atoms with Gasteiger partial charge in [-0.05, 0) is 42.2 Å².